The van der Waals surface area contributed by atoms with Crippen molar-refractivity contribution in [3.8, 4) is 17.6 Å². The maximum Gasteiger partial charge on any atom is 0.266 e. The molecule has 0 aliphatic rings. The predicted molar refractivity (Wildman–Crippen MR) is 106 cm³/mol. The highest BCUT2D eigenvalue weighted by Gasteiger charge is 2.14. The van der Waals surface area contributed by atoms with Gasteiger partial charge in [-0.15, -0.1) is 0 Å². The Morgan fingerprint density at radius 2 is 2.15 bits per heavy atom. The number of nitrogens with zero attached hydrogens (tertiary/aromatic N) is 1. The van der Waals surface area contributed by atoms with Crippen LogP contribution in [0.5, 0.6) is 11.5 Å². The molecule has 2 aromatic rings. The molecule has 2 aromatic carbocycles. The first kappa shape index (κ1) is 19.8. The van der Waals surface area contributed by atoms with Crippen LogP contribution in [0, 0.1) is 11.3 Å². The Hall–Kier alpha value is -2.49. The monoisotopic (exact) mass is 434 g/mol. The van der Waals surface area contributed by atoms with Crippen LogP contribution in [-0.4, -0.2) is 19.6 Å². The molecule has 0 saturated carbocycles. The lowest BCUT2D eigenvalue weighted by Gasteiger charge is -2.12. The van der Waals surface area contributed by atoms with Gasteiger partial charge in [-0.2, -0.15) is 5.26 Å². The summed E-state index contributed by atoms with van der Waals surface area (Å²) in [4.78, 5) is 12.4. The molecule has 0 bridgehead atoms. The fourth-order valence-electron chi connectivity index (χ4n) is 2.19. The van der Waals surface area contributed by atoms with Crippen LogP contribution in [0.15, 0.2) is 46.4 Å². The Morgan fingerprint density at radius 3 is 2.77 bits per heavy atom. The van der Waals surface area contributed by atoms with Crippen LogP contribution in [0.2, 0.25) is 5.02 Å². The zero-order valence-corrected chi connectivity index (χ0v) is 16.5. The fourth-order valence-corrected chi connectivity index (χ4v) is 2.86. The summed E-state index contributed by atoms with van der Waals surface area (Å²) in [6.45, 7) is 2.27. The summed E-state index contributed by atoms with van der Waals surface area (Å²) in [6.07, 6.45) is 1.44. The summed E-state index contributed by atoms with van der Waals surface area (Å²) in [5.74, 6) is 0.329. The number of carbonyl (C=O) groups excluding carboxylic acids is 1. The average molecular weight is 436 g/mol. The van der Waals surface area contributed by atoms with Crippen LogP contribution in [0.1, 0.15) is 12.5 Å². The first-order chi connectivity index (χ1) is 12.5. The van der Waals surface area contributed by atoms with Gasteiger partial charge in [0.2, 0.25) is 0 Å². The third-order valence-corrected chi connectivity index (χ3v) is 4.07. The van der Waals surface area contributed by atoms with Crippen LogP contribution >= 0.6 is 27.5 Å². The number of ether oxygens (including phenoxy) is 2. The van der Waals surface area contributed by atoms with Crippen LogP contribution in [0.4, 0.5) is 5.69 Å². The molecule has 0 aromatic heterocycles. The lowest BCUT2D eigenvalue weighted by Crippen LogP contribution is -2.13. The van der Waals surface area contributed by atoms with Crippen molar-refractivity contribution in [3.05, 3.63) is 57.0 Å². The van der Waals surface area contributed by atoms with Crippen molar-refractivity contribution < 1.29 is 14.3 Å². The molecule has 0 fully saturated rings. The average Bonchev–Trinajstić information content (AvgIpc) is 2.61. The SMILES string of the molecule is CCOc1c(Cl)cc(/C=C(/C#N)C(=O)Nc2cccc(Br)c2)cc1OC. The third-order valence-electron chi connectivity index (χ3n) is 3.30. The second kappa shape index (κ2) is 9.27. The molecule has 2 rings (SSSR count). The molecule has 0 radical (unpaired) electrons. The van der Waals surface area contributed by atoms with E-state index in [1.165, 1.54) is 13.2 Å². The van der Waals surface area contributed by atoms with E-state index in [2.05, 4.69) is 21.2 Å². The molecule has 0 heterocycles. The van der Waals surface area contributed by atoms with Crippen molar-refractivity contribution in [2.45, 2.75) is 6.92 Å². The second-order valence-corrected chi connectivity index (χ2v) is 6.42. The number of methoxy groups -OCH3 is 1. The number of amides is 1. The third kappa shape index (κ3) is 5.01. The Labute approximate surface area is 165 Å². The lowest BCUT2D eigenvalue weighted by atomic mass is 10.1. The van der Waals surface area contributed by atoms with Gasteiger partial charge < -0.3 is 14.8 Å². The predicted octanol–water partition coefficient (Wildman–Crippen LogP) is 5.06. The van der Waals surface area contributed by atoms with Crippen molar-refractivity contribution >= 4 is 45.2 Å². The Balaban J connectivity index is 2.32. The Bertz CT molecular complexity index is 891. The normalized spacial score (nSPS) is 10.8. The van der Waals surface area contributed by atoms with Gasteiger partial charge >= 0.3 is 0 Å². The molecule has 0 aliphatic heterocycles. The zero-order chi connectivity index (χ0) is 19.1. The minimum atomic E-state index is -0.519. The summed E-state index contributed by atoms with van der Waals surface area (Å²) >= 11 is 9.55. The Kier molecular flexibility index (Phi) is 7.07. The van der Waals surface area contributed by atoms with Crippen LogP contribution in [0.3, 0.4) is 0 Å². The highest BCUT2D eigenvalue weighted by Crippen LogP contribution is 2.37. The van der Waals surface area contributed by atoms with Crippen molar-refractivity contribution in [2.24, 2.45) is 0 Å². The van der Waals surface area contributed by atoms with E-state index >= 15 is 0 Å². The topological polar surface area (TPSA) is 71.3 Å². The molecule has 0 saturated heterocycles. The van der Waals surface area contributed by atoms with Gasteiger partial charge in [-0.05, 0) is 48.9 Å². The smallest absolute Gasteiger partial charge is 0.266 e. The van der Waals surface area contributed by atoms with Crippen molar-refractivity contribution in [2.75, 3.05) is 19.0 Å². The number of hydrogen-bond acceptors (Lipinski definition) is 4. The van der Waals surface area contributed by atoms with Crippen LogP contribution in [-0.2, 0) is 4.79 Å². The van der Waals surface area contributed by atoms with Gasteiger partial charge in [-0.1, -0.05) is 33.6 Å². The molecular formula is C19H16BrClN2O3. The van der Waals surface area contributed by atoms with Crippen molar-refractivity contribution in [1.82, 2.24) is 0 Å². The van der Waals surface area contributed by atoms with Gasteiger partial charge in [0.05, 0.1) is 18.7 Å². The first-order valence-corrected chi connectivity index (χ1v) is 8.84. The number of nitrogens with one attached hydrogen (secondary N) is 1. The van der Waals surface area contributed by atoms with E-state index in [0.29, 0.717) is 34.4 Å². The number of halogens is 2. The molecule has 1 amide bonds. The molecule has 5 nitrogen and oxygen atoms in total. The molecule has 0 atom stereocenters. The van der Waals surface area contributed by atoms with E-state index in [-0.39, 0.29) is 5.57 Å². The Morgan fingerprint density at radius 1 is 1.38 bits per heavy atom. The number of hydrogen-bond donors (Lipinski definition) is 1. The molecule has 134 valence electrons. The molecular weight excluding hydrogens is 420 g/mol. The molecule has 26 heavy (non-hydrogen) atoms. The summed E-state index contributed by atoms with van der Waals surface area (Å²) in [5, 5.41) is 12.4. The van der Waals surface area contributed by atoms with E-state index in [4.69, 9.17) is 21.1 Å². The van der Waals surface area contributed by atoms with E-state index in [9.17, 15) is 10.1 Å². The van der Waals surface area contributed by atoms with E-state index < -0.39 is 5.91 Å². The quantitative estimate of drug-likeness (QED) is 0.509. The van der Waals surface area contributed by atoms with Crippen LogP contribution < -0.4 is 14.8 Å². The zero-order valence-electron chi connectivity index (χ0n) is 14.2. The van der Waals surface area contributed by atoms with Gasteiger partial charge in [0.1, 0.15) is 11.6 Å². The number of anilines is 1. The van der Waals surface area contributed by atoms with E-state index in [1.807, 2.05) is 19.1 Å². The lowest BCUT2D eigenvalue weighted by molar-refractivity contribution is -0.112. The highest BCUT2D eigenvalue weighted by atomic mass is 79.9. The van der Waals surface area contributed by atoms with E-state index in [0.717, 1.165) is 4.47 Å². The van der Waals surface area contributed by atoms with Gasteiger partial charge in [-0.3, -0.25) is 4.79 Å². The maximum absolute atomic E-state index is 12.4. The van der Waals surface area contributed by atoms with Crippen molar-refractivity contribution in [1.29, 1.82) is 5.26 Å². The van der Waals surface area contributed by atoms with Gasteiger partial charge in [0, 0.05) is 10.2 Å². The summed E-state index contributed by atoms with van der Waals surface area (Å²) < 4.78 is 11.6. The molecule has 1 N–H and O–H groups in total. The van der Waals surface area contributed by atoms with Gasteiger partial charge in [0.15, 0.2) is 11.5 Å². The van der Waals surface area contributed by atoms with Crippen molar-refractivity contribution in [3.63, 3.8) is 0 Å². The number of carbonyl (C=O) groups is 1. The molecule has 0 spiro atoms. The standard InChI is InChI=1S/C19H16BrClN2O3/c1-3-26-18-16(21)8-12(9-17(18)25-2)7-13(11-22)19(24)23-15-6-4-5-14(20)10-15/h4-10H,3H2,1-2H3,(H,23,24)/b13-7-. The minimum absolute atomic E-state index is 0.0627. The largest absolute Gasteiger partial charge is 0.493 e. The first-order valence-electron chi connectivity index (χ1n) is 7.67. The fraction of sp³-hybridized carbons (Fsp3) is 0.158. The van der Waals surface area contributed by atoms with Gasteiger partial charge in [0.25, 0.3) is 5.91 Å². The van der Waals surface area contributed by atoms with Crippen LogP contribution in [0.25, 0.3) is 6.08 Å². The van der Waals surface area contributed by atoms with E-state index in [1.54, 1.807) is 30.3 Å². The molecule has 0 aliphatic carbocycles. The van der Waals surface area contributed by atoms with Gasteiger partial charge in [-0.25, -0.2) is 0 Å². The number of rotatable bonds is 6. The summed E-state index contributed by atoms with van der Waals surface area (Å²) in [5.41, 5.74) is 1.07. The molecule has 7 heteroatoms. The summed E-state index contributed by atoms with van der Waals surface area (Å²) in [7, 11) is 1.49. The summed E-state index contributed by atoms with van der Waals surface area (Å²) in [6, 6.07) is 12.3. The minimum Gasteiger partial charge on any atom is -0.493 e. The maximum atomic E-state index is 12.4. The second-order valence-electron chi connectivity index (χ2n) is 5.10. The number of benzene rings is 2. The number of nitriles is 1. The molecule has 0 unspecified atom stereocenters. The highest BCUT2D eigenvalue weighted by molar-refractivity contribution is 9.10.